The minimum atomic E-state index is -0.0407. The number of aliphatic imine (C=N–C) groups is 1. The molecular weight excluding hydrogens is 457 g/mol. The summed E-state index contributed by atoms with van der Waals surface area (Å²) >= 11 is 0. The van der Waals surface area contributed by atoms with Crippen molar-refractivity contribution in [2.24, 2.45) is 16.3 Å². The molecule has 2 atom stereocenters. The molecule has 0 bridgehead atoms. The van der Waals surface area contributed by atoms with Gasteiger partial charge >= 0.3 is 5.97 Å². The number of guanidine groups is 1. The largest absolute Gasteiger partial charge is 0.466 e. The average molecular weight is 493 g/mol. The number of carbonyl (C=O) groups is 1. The maximum atomic E-state index is 12.0. The monoisotopic (exact) mass is 493 g/mol. The van der Waals surface area contributed by atoms with E-state index in [4.69, 9.17) is 14.5 Å². The highest BCUT2D eigenvalue weighted by atomic mass is 127. The lowest BCUT2D eigenvalue weighted by Gasteiger charge is -2.61. The lowest BCUT2D eigenvalue weighted by molar-refractivity contribution is -0.169. The molecule has 6 nitrogen and oxygen atoms in total. The number of nitrogens with zero attached hydrogens (tertiary/aromatic N) is 2. The standard InChI is InChI=1S/C20H35N3O3.HI/c1-4-21-19(23-12-8-15(9-13-23)18(24)26-6-3)22-16-14-17(25-5-2)20(16)10-7-11-20;/h15-17H,4-14H2,1-3H3,(H,21,22);1H. The quantitative estimate of drug-likeness (QED) is 0.267. The van der Waals surface area contributed by atoms with Crippen LogP contribution in [0.4, 0.5) is 0 Å². The van der Waals surface area contributed by atoms with Crippen molar-refractivity contribution in [2.75, 3.05) is 32.8 Å². The number of nitrogens with one attached hydrogen (secondary N) is 1. The van der Waals surface area contributed by atoms with Gasteiger partial charge in [0.15, 0.2) is 5.96 Å². The number of rotatable bonds is 6. The number of hydrogen-bond acceptors (Lipinski definition) is 4. The van der Waals surface area contributed by atoms with Crippen LogP contribution in [0.3, 0.4) is 0 Å². The van der Waals surface area contributed by atoms with Gasteiger partial charge in [-0.25, -0.2) is 0 Å². The summed E-state index contributed by atoms with van der Waals surface area (Å²) in [6.07, 6.45) is 7.03. The van der Waals surface area contributed by atoms with Gasteiger partial charge in [0, 0.05) is 37.7 Å². The highest BCUT2D eigenvalue weighted by Crippen LogP contribution is 2.57. The fraction of sp³-hybridized carbons (Fsp3) is 0.900. The highest BCUT2D eigenvalue weighted by Gasteiger charge is 2.59. The Kier molecular flexibility index (Phi) is 8.65. The van der Waals surface area contributed by atoms with E-state index in [1.165, 1.54) is 19.3 Å². The van der Waals surface area contributed by atoms with Gasteiger partial charge in [0.1, 0.15) is 0 Å². The topological polar surface area (TPSA) is 63.2 Å². The van der Waals surface area contributed by atoms with Crippen LogP contribution in [-0.4, -0.2) is 61.8 Å². The maximum absolute atomic E-state index is 12.0. The molecule has 0 aromatic carbocycles. The molecule has 3 fully saturated rings. The Hall–Kier alpha value is -0.570. The number of esters is 1. The van der Waals surface area contributed by atoms with Crippen LogP contribution in [0, 0.1) is 11.3 Å². The second-order valence-electron chi connectivity index (χ2n) is 7.77. The molecule has 0 aromatic heterocycles. The fourth-order valence-corrected chi connectivity index (χ4v) is 4.77. The van der Waals surface area contributed by atoms with Gasteiger partial charge < -0.3 is 19.7 Å². The van der Waals surface area contributed by atoms with Gasteiger partial charge in [-0.3, -0.25) is 9.79 Å². The Balaban J connectivity index is 0.00000261. The van der Waals surface area contributed by atoms with Crippen molar-refractivity contribution in [1.29, 1.82) is 0 Å². The molecule has 7 heteroatoms. The van der Waals surface area contributed by atoms with Crippen molar-refractivity contribution in [2.45, 2.75) is 71.4 Å². The molecule has 1 spiro atoms. The molecule has 0 radical (unpaired) electrons. The molecule has 3 aliphatic rings. The first-order valence-electron chi connectivity index (χ1n) is 10.5. The predicted molar refractivity (Wildman–Crippen MR) is 118 cm³/mol. The minimum Gasteiger partial charge on any atom is -0.466 e. The van der Waals surface area contributed by atoms with E-state index >= 15 is 0 Å². The van der Waals surface area contributed by atoms with Crippen molar-refractivity contribution in [1.82, 2.24) is 10.2 Å². The molecule has 2 aliphatic carbocycles. The molecular formula is C20H36IN3O3. The number of ether oxygens (including phenoxy) is 2. The van der Waals surface area contributed by atoms with Crippen LogP contribution in [0.2, 0.25) is 0 Å². The second kappa shape index (κ2) is 10.3. The minimum absolute atomic E-state index is 0. The lowest BCUT2D eigenvalue weighted by Crippen LogP contribution is -2.69. The Labute approximate surface area is 180 Å². The fourth-order valence-electron chi connectivity index (χ4n) is 4.77. The van der Waals surface area contributed by atoms with E-state index in [2.05, 4.69) is 24.1 Å². The van der Waals surface area contributed by atoms with E-state index < -0.39 is 0 Å². The van der Waals surface area contributed by atoms with Crippen LogP contribution in [-0.2, 0) is 14.3 Å². The Bertz CT molecular complexity index is 517. The van der Waals surface area contributed by atoms with Crippen LogP contribution in [0.1, 0.15) is 59.3 Å². The number of halogens is 1. The zero-order chi connectivity index (χ0) is 18.6. The number of hydrogen-bond donors (Lipinski definition) is 1. The zero-order valence-electron chi connectivity index (χ0n) is 17.0. The summed E-state index contributed by atoms with van der Waals surface area (Å²) in [6.45, 7) is 9.81. The maximum Gasteiger partial charge on any atom is 0.309 e. The van der Waals surface area contributed by atoms with E-state index in [1.54, 1.807) is 0 Å². The average Bonchev–Trinajstić information content (AvgIpc) is 2.59. The number of carbonyl (C=O) groups excluding carboxylic acids is 1. The summed E-state index contributed by atoms with van der Waals surface area (Å²) < 4.78 is 11.2. The molecule has 1 N–H and O–H groups in total. The summed E-state index contributed by atoms with van der Waals surface area (Å²) in [5, 5.41) is 3.75. The third kappa shape index (κ3) is 4.71. The van der Waals surface area contributed by atoms with Crippen molar-refractivity contribution in [3.05, 3.63) is 0 Å². The highest BCUT2D eigenvalue weighted by molar-refractivity contribution is 14.0. The van der Waals surface area contributed by atoms with E-state index in [9.17, 15) is 4.79 Å². The van der Waals surface area contributed by atoms with Crippen LogP contribution in [0.5, 0.6) is 0 Å². The van der Waals surface area contributed by atoms with Gasteiger partial charge in [-0.15, -0.1) is 24.0 Å². The summed E-state index contributed by atoms with van der Waals surface area (Å²) in [5.74, 6) is 1.01. The number of piperidine rings is 1. The first-order valence-corrected chi connectivity index (χ1v) is 10.5. The molecule has 1 saturated heterocycles. The first kappa shape index (κ1) is 22.7. The van der Waals surface area contributed by atoms with Crippen molar-refractivity contribution in [3.63, 3.8) is 0 Å². The van der Waals surface area contributed by atoms with Crippen LogP contribution in [0.15, 0.2) is 4.99 Å². The van der Waals surface area contributed by atoms with Gasteiger partial charge in [-0.05, 0) is 52.9 Å². The SMILES string of the molecule is CCN=C(NC1CC(OCC)C12CCC2)N1CCC(C(=O)OCC)CC1.I. The summed E-state index contributed by atoms with van der Waals surface area (Å²) in [4.78, 5) is 19.0. The first-order chi connectivity index (χ1) is 12.6. The van der Waals surface area contributed by atoms with E-state index in [0.29, 0.717) is 24.2 Å². The van der Waals surface area contributed by atoms with Crippen molar-refractivity contribution in [3.8, 4) is 0 Å². The molecule has 27 heavy (non-hydrogen) atoms. The smallest absolute Gasteiger partial charge is 0.309 e. The molecule has 0 aromatic rings. The van der Waals surface area contributed by atoms with E-state index in [0.717, 1.165) is 51.5 Å². The summed E-state index contributed by atoms with van der Waals surface area (Å²) in [7, 11) is 0. The second-order valence-corrected chi connectivity index (χ2v) is 7.77. The number of likely N-dealkylation sites (tertiary alicyclic amines) is 1. The molecule has 2 unspecified atom stereocenters. The van der Waals surface area contributed by atoms with Gasteiger partial charge in [0.05, 0.1) is 18.6 Å². The molecule has 1 aliphatic heterocycles. The van der Waals surface area contributed by atoms with Crippen molar-refractivity contribution < 1.29 is 14.3 Å². The van der Waals surface area contributed by atoms with Crippen molar-refractivity contribution >= 4 is 35.9 Å². The third-order valence-corrected chi connectivity index (χ3v) is 6.46. The summed E-state index contributed by atoms with van der Waals surface area (Å²) in [6, 6.07) is 0.473. The summed E-state index contributed by atoms with van der Waals surface area (Å²) in [5.41, 5.74) is 0.327. The third-order valence-electron chi connectivity index (χ3n) is 6.46. The lowest BCUT2D eigenvalue weighted by atomic mass is 9.51. The molecule has 2 saturated carbocycles. The zero-order valence-corrected chi connectivity index (χ0v) is 19.4. The molecule has 1 heterocycles. The van der Waals surface area contributed by atoms with Gasteiger partial charge in [-0.1, -0.05) is 6.42 Å². The molecule has 156 valence electrons. The van der Waals surface area contributed by atoms with E-state index in [-0.39, 0.29) is 35.9 Å². The van der Waals surface area contributed by atoms with Gasteiger partial charge in [0.25, 0.3) is 0 Å². The molecule has 3 rings (SSSR count). The van der Waals surface area contributed by atoms with Crippen LogP contribution in [0.25, 0.3) is 0 Å². The Morgan fingerprint density at radius 2 is 1.89 bits per heavy atom. The van der Waals surface area contributed by atoms with Crippen LogP contribution < -0.4 is 5.32 Å². The normalized spacial score (nSPS) is 27.4. The molecule has 0 amide bonds. The Morgan fingerprint density at radius 3 is 2.41 bits per heavy atom. The van der Waals surface area contributed by atoms with Gasteiger partial charge in [0.2, 0.25) is 0 Å². The van der Waals surface area contributed by atoms with Crippen LogP contribution >= 0.6 is 24.0 Å². The van der Waals surface area contributed by atoms with Gasteiger partial charge in [-0.2, -0.15) is 0 Å². The Morgan fingerprint density at radius 1 is 1.19 bits per heavy atom. The predicted octanol–water partition coefficient (Wildman–Crippen LogP) is 3.19. The van der Waals surface area contributed by atoms with E-state index in [1.807, 2.05) is 6.92 Å².